The summed E-state index contributed by atoms with van der Waals surface area (Å²) in [5.41, 5.74) is 0.0872. The molecule has 1 aromatic heterocycles. The van der Waals surface area contributed by atoms with Crippen LogP contribution in [-0.2, 0) is 6.18 Å². The van der Waals surface area contributed by atoms with Crippen molar-refractivity contribution in [2.45, 2.75) is 13.1 Å². The lowest BCUT2D eigenvalue weighted by molar-refractivity contribution is -0.138. The molecule has 0 radical (unpaired) electrons. The molecule has 0 saturated heterocycles. The molecule has 0 saturated carbocycles. The summed E-state index contributed by atoms with van der Waals surface area (Å²) in [5.74, 6) is 0. The lowest BCUT2D eigenvalue weighted by Gasteiger charge is -2.15. The van der Waals surface area contributed by atoms with Gasteiger partial charge in [-0.2, -0.15) is 13.2 Å². The van der Waals surface area contributed by atoms with Crippen LogP contribution in [0.15, 0.2) is 36.5 Å². The van der Waals surface area contributed by atoms with E-state index in [1.807, 2.05) is 0 Å². The van der Waals surface area contributed by atoms with Crippen LogP contribution >= 0.6 is 0 Å². The minimum atomic E-state index is -4.39. The van der Waals surface area contributed by atoms with E-state index >= 15 is 0 Å². The molecule has 0 bridgehead atoms. The molecule has 2 rings (SSSR count). The molecule has 94 valence electrons. The summed E-state index contributed by atoms with van der Waals surface area (Å²) in [4.78, 5) is 10.8. The summed E-state index contributed by atoms with van der Waals surface area (Å²) in [6, 6.07) is 7.08. The van der Waals surface area contributed by atoms with Crippen LogP contribution in [-0.4, -0.2) is 10.9 Å². The number of nitrogens with zero attached hydrogens (tertiary/aromatic N) is 1. The van der Waals surface area contributed by atoms with Gasteiger partial charge in [-0.05, 0) is 36.8 Å². The molecule has 0 unspecified atom stereocenters. The standard InChI is InChI=1S/C13H10F3NO/c1-9-11(13(14,15)16)5-2-6-12(9)17-7-3-4-10(17)8-18/h2-8H,1H3. The van der Waals surface area contributed by atoms with Crippen LogP contribution in [0, 0.1) is 6.92 Å². The largest absolute Gasteiger partial charge is 0.416 e. The first-order chi connectivity index (χ1) is 8.45. The van der Waals surface area contributed by atoms with E-state index in [-0.39, 0.29) is 5.56 Å². The Kier molecular flexibility index (Phi) is 2.98. The number of benzene rings is 1. The molecule has 0 aliphatic rings. The number of carbonyl (C=O) groups is 1. The first-order valence-electron chi connectivity index (χ1n) is 5.25. The van der Waals surface area contributed by atoms with Gasteiger partial charge in [-0.1, -0.05) is 6.07 Å². The van der Waals surface area contributed by atoms with E-state index < -0.39 is 11.7 Å². The Balaban J connectivity index is 2.64. The monoisotopic (exact) mass is 253 g/mol. The summed E-state index contributed by atoms with van der Waals surface area (Å²) in [6.45, 7) is 1.40. The Morgan fingerprint density at radius 3 is 2.50 bits per heavy atom. The maximum Gasteiger partial charge on any atom is 0.416 e. The third kappa shape index (κ3) is 2.03. The number of halogens is 3. The van der Waals surface area contributed by atoms with Crippen molar-refractivity contribution >= 4 is 6.29 Å². The van der Waals surface area contributed by atoms with E-state index in [1.165, 1.54) is 17.6 Å². The molecule has 0 N–H and O–H groups in total. The first kappa shape index (κ1) is 12.4. The van der Waals surface area contributed by atoms with Crippen LogP contribution in [0.1, 0.15) is 21.6 Å². The van der Waals surface area contributed by atoms with E-state index in [4.69, 9.17) is 0 Å². The average Bonchev–Trinajstić information content (AvgIpc) is 2.75. The zero-order chi connectivity index (χ0) is 13.3. The van der Waals surface area contributed by atoms with Crippen LogP contribution in [0.25, 0.3) is 5.69 Å². The molecule has 0 amide bonds. The highest BCUT2D eigenvalue weighted by Gasteiger charge is 2.33. The van der Waals surface area contributed by atoms with Gasteiger partial charge in [-0.15, -0.1) is 0 Å². The highest BCUT2D eigenvalue weighted by atomic mass is 19.4. The highest BCUT2D eigenvalue weighted by molar-refractivity contribution is 5.74. The van der Waals surface area contributed by atoms with Crippen LogP contribution in [0.2, 0.25) is 0 Å². The van der Waals surface area contributed by atoms with Crippen LogP contribution < -0.4 is 0 Å². The fourth-order valence-electron chi connectivity index (χ4n) is 1.90. The summed E-state index contributed by atoms with van der Waals surface area (Å²) in [7, 11) is 0. The first-order valence-corrected chi connectivity index (χ1v) is 5.25. The fourth-order valence-corrected chi connectivity index (χ4v) is 1.90. The van der Waals surface area contributed by atoms with Gasteiger partial charge in [0.1, 0.15) is 0 Å². The summed E-state index contributed by atoms with van der Waals surface area (Å²) >= 11 is 0. The van der Waals surface area contributed by atoms with Crippen LogP contribution in [0.3, 0.4) is 0 Å². The van der Waals surface area contributed by atoms with Gasteiger partial charge >= 0.3 is 6.18 Å². The minimum Gasteiger partial charge on any atom is -0.314 e. The lowest BCUT2D eigenvalue weighted by atomic mass is 10.1. The topological polar surface area (TPSA) is 22.0 Å². The van der Waals surface area contributed by atoms with Crippen molar-refractivity contribution in [1.82, 2.24) is 4.57 Å². The molecule has 0 aliphatic heterocycles. The predicted octanol–water partition coefficient (Wildman–Crippen LogP) is 3.62. The lowest BCUT2D eigenvalue weighted by Crippen LogP contribution is -2.10. The normalized spacial score (nSPS) is 11.6. The van der Waals surface area contributed by atoms with E-state index in [0.717, 1.165) is 6.07 Å². The van der Waals surface area contributed by atoms with Gasteiger partial charge in [0.05, 0.1) is 11.3 Å². The number of alkyl halides is 3. The molecular formula is C13H10F3NO. The zero-order valence-corrected chi connectivity index (χ0v) is 9.53. The van der Waals surface area contributed by atoms with Crippen molar-refractivity contribution in [3.8, 4) is 5.69 Å². The quantitative estimate of drug-likeness (QED) is 0.749. The number of carbonyl (C=O) groups excluding carboxylic acids is 1. The molecule has 18 heavy (non-hydrogen) atoms. The number of aromatic nitrogens is 1. The molecule has 1 heterocycles. The Bertz CT molecular complexity index is 584. The second-order valence-corrected chi connectivity index (χ2v) is 3.87. The Morgan fingerprint density at radius 2 is 1.89 bits per heavy atom. The van der Waals surface area contributed by atoms with Crippen molar-refractivity contribution < 1.29 is 18.0 Å². The number of aldehydes is 1. The molecule has 0 atom stereocenters. The third-order valence-corrected chi connectivity index (χ3v) is 2.77. The average molecular weight is 253 g/mol. The van der Waals surface area contributed by atoms with E-state index in [0.29, 0.717) is 17.7 Å². The second-order valence-electron chi connectivity index (χ2n) is 3.87. The number of hydrogen-bond acceptors (Lipinski definition) is 1. The molecule has 5 heteroatoms. The predicted molar refractivity (Wildman–Crippen MR) is 60.9 cm³/mol. The summed E-state index contributed by atoms with van der Waals surface area (Å²) < 4.78 is 39.8. The Morgan fingerprint density at radius 1 is 1.17 bits per heavy atom. The van der Waals surface area contributed by atoms with Gasteiger partial charge in [-0.3, -0.25) is 4.79 Å². The third-order valence-electron chi connectivity index (χ3n) is 2.77. The minimum absolute atomic E-state index is 0.101. The van der Waals surface area contributed by atoms with Gasteiger partial charge in [0.25, 0.3) is 0 Å². The van der Waals surface area contributed by atoms with Crippen LogP contribution in [0.5, 0.6) is 0 Å². The van der Waals surface area contributed by atoms with Crippen molar-refractivity contribution in [1.29, 1.82) is 0 Å². The number of hydrogen-bond donors (Lipinski definition) is 0. The van der Waals surface area contributed by atoms with Crippen molar-refractivity contribution in [3.63, 3.8) is 0 Å². The maximum atomic E-state index is 12.8. The summed E-state index contributed by atoms with van der Waals surface area (Å²) in [6.07, 6.45) is -2.22. The Hall–Kier alpha value is -2.04. The van der Waals surface area contributed by atoms with Gasteiger partial charge in [-0.25, -0.2) is 0 Å². The van der Waals surface area contributed by atoms with E-state index in [9.17, 15) is 18.0 Å². The van der Waals surface area contributed by atoms with Gasteiger partial charge in [0.15, 0.2) is 6.29 Å². The van der Waals surface area contributed by atoms with Gasteiger partial charge < -0.3 is 4.57 Å². The zero-order valence-electron chi connectivity index (χ0n) is 9.53. The second kappa shape index (κ2) is 4.33. The Labute approximate surface area is 102 Å². The highest BCUT2D eigenvalue weighted by Crippen LogP contribution is 2.34. The van der Waals surface area contributed by atoms with Crippen LogP contribution in [0.4, 0.5) is 13.2 Å². The summed E-state index contributed by atoms with van der Waals surface area (Å²) in [5, 5.41) is 0. The molecule has 0 spiro atoms. The van der Waals surface area contributed by atoms with Crippen molar-refractivity contribution in [3.05, 3.63) is 53.3 Å². The molecule has 0 fully saturated rings. The molecule has 1 aromatic carbocycles. The smallest absolute Gasteiger partial charge is 0.314 e. The molecule has 2 nitrogen and oxygen atoms in total. The van der Waals surface area contributed by atoms with Crippen molar-refractivity contribution in [2.75, 3.05) is 0 Å². The molecule has 2 aromatic rings. The number of rotatable bonds is 2. The van der Waals surface area contributed by atoms with Gasteiger partial charge in [0.2, 0.25) is 0 Å². The maximum absolute atomic E-state index is 12.8. The fraction of sp³-hybridized carbons (Fsp3) is 0.154. The van der Waals surface area contributed by atoms with Gasteiger partial charge in [0, 0.05) is 11.9 Å². The van der Waals surface area contributed by atoms with Crippen molar-refractivity contribution in [2.24, 2.45) is 0 Å². The van der Waals surface area contributed by atoms with E-state index in [2.05, 4.69) is 0 Å². The van der Waals surface area contributed by atoms with E-state index in [1.54, 1.807) is 24.4 Å². The molecular weight excluding hydrogens is 243 g/mol. The SMILES string of the molecule is Cc1c(-n2cccc2C=O)cccc1C(F)(F)F. The molecule has 0 aliphatic carbocycles.